The fourth-order valence-corrected chi connectivity index (χ4v) is 0.848. The summed E-state index contributed by atoms with van der Waals surface area (Å²) in [5.41, 5.74) is 0. The highest BCUT2D eigenvalue weighted by Crippen LogP contribution is 2.03. The van der Waals surface area contributed by atoms with E-state index < -0.39 is 11.9 Å². The molecule has 0 N–H and O–H groups in total. The largest absolute Gasteiger partial charge is 0.465 e. The topological polar surface area (TPSA) is 78.9 Å². The average molecular weight is 246 g/mol. The van der Waals surface area contributed by atoms with Crippen LogP contribution in [-0.4, -0.2) is 38.2 Å². The predicted molar refractivity (Wildman–Crippen MR) is 58.0 cm³/mol. The maximum Gasteiger partial charge on any atom is 0.417 e. The molecule has 17 heavy (non-hydrogen) atoms. The van der Waals surface area contributed by atoms with Crippen molar-refractivity contribution >= 4 is 17.9 Å². The number of hydrogen-bond acceptors (Lipinski definition) is 6. The molecule has 0 saturated carbocycles. The fourth-order valence-electron chi connectivity index (χ4n) is 0.848. The Morgan fingerprint density at radius 1 is 1.06 bits per heavy atom. The lowest BCUT2D eigenvalue weighted by Crippen LogP contribution is -2.20. The smallest absolute Gasteiger partial charge is 0.417 e. The van der Waals surface area contributed by atoms with Gasteiger partial charge in [0.05, 0.1) is 26.2 Å². The molecule has 6 nitrogen and oxygen atoms in total. The first-order chi connectivity index (χ1) is 8.02. The highest BCUT2D eigenvalue weighted by Gasteiger charge is 2.15. The summed E-state index contributed by atoms with van der Waals surface area (Å²) in [6, 6.07) is 0. The number of hydrogen-bond donors (Lipinski definition) is 0. The number of ether oxygens (including phenoxy) is 3. The van der Waals surface area contributed by atoms with Gasteiger partial charge in [-0.15, -0.1) is 0 Å². The van der Waals surface area contributed by atoms with Crippen LogP contribution < -0.4 is 0 Å². The predicted octanol–water partition coefficient (Wildman–Crippen LogP) is 0.682. The zero-order valence-corrected chi connectivity index (χ0v) is 10.4. The molecular formula is C11H18O6. The van der Waals surface area contributed by atoms with Crippen molar-refractivity contribution < 1.29 is 28.6 Å². The zero-order valence-electron chi connectivity index (χ0n) is 10.4. The third-order valence-corrected chi connectivity index (χ3v) is 2.13. The van der Waals surface area contributed by atoms with Crippen LogP contribution >= 0.6 is 0 Å². The first-order valence-electron chi connectivity index (χ1n) is 5.44. The van der Waals surface area contributed by atoms with Crippen molar-refractivity contribution in [2.45, 2.75) is 26.7 Å². The van der Waals surface area contributed by atoms with E-state index in [1.165, 1.54) is 0 Å². The van der Waals surface area contributed by atoms with E-state index in [1.54, 1.807) is 6.92 Å². The molecule has 0 radical (unpaired) electrons. The number of rotatable bonds is 6. The minimum absolute atomic E-state index is 0.0156. The molecule has 0 rings (SSSR count). The van der Waals surface area contributed by atoms with Gasteiger partial charge in [0.2, 0.25) is 0 Å². The summed E-state index contributed by atoms with van der Waals surface area (Å²) >= 11 is 0. The van der Waals surface area contributed by atoms with Crippen molar-refractivity contribution in [2.75, 3.05) is 20.3 Å². The summed E-state index contributed by atoms with van der Waals surface area (Å²) in [4.78, 5) is 32.7. The van der Waals surface area contributed by atoms with Crippen molar-refractivity contribution in [1.82, 2.24) is 0 Å². The Kier molecular flexibility index (Phi) is 7.75. The van der Waals surface area contributed by atoms with Gasteiger partial charge in [-0.25, -0.2) is 9.59 Å². The molecule has 0 amide bonds. The number of carbonyl (C=O) groups excluding carboxylic acids is 3. The van der Waals surface area contributed by atoms with E-state index in [-0.39, 0.29) is 25.1 Å². The summed E-state index contributed by atoms with van der Waals surface area (Å²) in [7, 11) is 1.09. The molecule has 0 aliphatic heterocycles. The van der Waals surface area contributed by atoms with E-state index in [9.17, 15) is 14.4 Å². The van der Waals surface area contributed by atoms with Gasteiger partial charge >= 0.3 is 17.9 Å². The molecule has 0 aromatic heterocycles. The van der Waals surface area contributed by atoms with E-state index >= 15 is 0 Å². The maximum atomic E-state index is 11.2. The van der Waals surface area contributed by atoms with Crippen LogP contribution in [0.15, 0.2) is 0 Å². The molecule has 0 aromatic carbocycles. The quantitative estimate of drug-likeness (QED) is 0.297. The van der Waals surface area contributed by atoms with Gasteiger partial charge < -0.3 is 14.2 Å². The lowest BCUT2D eigenvalue weighted by atomic mass is 10.1. The zero-order chi connectivity index (χ0) is 13.3. The van der Waals surface area contributed by atoms with Crippen LogP contribution in [0.1, 0.15) is 26.7 Å². The molecule has 0 heterocycles. The van der Waals surface area contributed by atoms with Crippen molar-refractivity contribution in [3.63, 3.8) is 0 Å². The van der Waals surface area contributed by atoms with Crippen LogP contribution in [0.4, 0.5) is 0 Å². The molecule has 1 atom stereocenters. The summed E-state index contributed by atoms with van der Waals surface area (Å²) in [6.07, 6.45) is 1.07. The molecule has 6 heteroatoms. The van der Waals surface area contributed by atoms with Gasteiger partial charge in [-0.3, -0.25) is 4.79 Å². The van der Waals surface area contributed by atoms with Gasteiger partial charge in [0.25, 0.3) is 0 Å². The highest BCUT2D eigenvalue weighted by molar-refractivity contribution is 6.29. The summed E-state index contributed by atoms with van der Waals surface area (Å²) in [6.45, 7) is 3.85. The second kappa shape index (κ2) is 8.55. The molecule has 0 fully saturated rings. The second-order valence-corrected chi connectivity index (χ2v) is 3.46. The SMILES string of the molecule is CCC(C)C(=O)OCCCOC(=O)C(=O)OC. The standard InChI is InChI=1S/C11H18O6/c1-4-8(2)9(12)16-6-5-7-17-11(14)10(13)15-3/h8H,4-7H2,1-3H3. The van der Waals surface area contributed by atoms with Crippen LogP contribution in [0.5, 0.6) is 0 Å². The van der Waals surface area contributed by atoms with Gasteiger partial charge in [-0.05, 0) is 6.42 Å². The lowest BCUT2D eigenvalue weighted by Gasteiger charge is -2.09. The molecule has 0 bridgehead atoms. The van der Waals surface area contributed by atoms with Gasteiger partial charge in [0.1, 0.15) is 0 Å². The second-order valence-electron chi connectivity index (χ2n) is 3.46. The van der Waals surface area contributed by atoms with Crippen molar-refractivity contribution in [3.05, 3.63) is 0 Å². The maximum absolute atomic E-state index is 11.2. The molecule has 0 aromatic rings. The van der Waals surface area contributed by atoms with Crippen LogP contribution in [0.3, 0.4) is 0 Å². The van der Waals surface area contributed by atoms with Gasteiger partial charge in [0.15, 0.2) is 0 Å². The summed E-state index contributed by atoms with van der Waals surface area (Å²) < 4.78 is 13.6. The minimum atomic E-state index is -1.04. The molecule has 0 aliphatic rings. The minimum Gasteiger partial charge on any atom is -0.465 e. The molecule has 1 unspecified atom stereocenters. The average Bonchev–Trinajstić information content (AvgIpc) is 2.35. The molecular weight excluding hydrogens is 228 g/mol. The first kappa shape index (κ1) is 15.4. The number of esters is 3. The van der Waals surface area contributed by atoms with E-state index in [2.05, 4.69) is 9.47 Å². The Morgan fingerprint density at radius 2 is 1.65 bits per heavy atom. The number of carbonyl (C=O) groups is 3. The third kappa shape index (κ3) is 6.55. The van der Waals surface area contributed by atoms with Crippen LogP contribution in [0.2, 0.25) is 0 Å². The number of methoxy groups -OCH3 is 1. The van der Waals surface area contributed by atoms with E-state index in [0.717, 1.165) is 13.5 Å². The van der Waals surface area contributed by atoms with Gasteiger partial charge in [-0.1, -0.05) is 13.8 Å². The Hall–Kier alpha value is -1.59. The lowest BCUT2D eigenvalue weighted by molar-refractivity contribution is -0.166. The Morgan fingerprint density at radius 3 is 2.18 bits per heavy atom. The normalized spacial score (nSPS) is 11.5. The van der Waals surface area contributed by atoms with Crippen molar-refractivity contribution in [2.24, 2.45) is 5.92 Å². The highest BCUT2D eigenvalue weighted by atomic mass is 16.6. The third-order valence-electron chi connectivity index (χ3n) is 2.13. The fraction of sp³-hybridized carbons (Fsp3) is 0.727. The molecule has 98 valence electrons. The summed E-state index contributed by atoms with van der Waals surface area (Å²) in [5.74, 6) is -2.48. The molecule has 0 spiro atoms. The van der Waals surface area contributed by atoms with Crippen molar-refractivity contribution in [3.8, 4) is 0 Å². The van der Waals surface area contributed by atoms with E-state index in [0.29, 0.717) is 6.42 Å². The molecule has 0 saturated heterocycles. The van der Waals surface area contributed by atoms with E-state index in [1.807, 2.05) is 6.92 Å². The Labute approximate surface area is 100 Å². The van der Waals surface area contributed by atoms with E-state index in [4.69, 9.17) is 4.74 Å². The Balaban J connectivity index is 3.56. The Bertz CT molecular complexity index is 273. The van der Waals surface area contributed by atoms with Crippen LogP contribution in [0.25, 0.3) is 0 Å². The van der Waals surface area contributed by atoms with Crippen LogP contribution in [-0.2, 0) is 28.6 Å². The van der Waals surface area contributed by atoms with Gasteiger partial charge in [0, 0.05) is 6.42 Å². The van der Waals surface area contributed by atoms with Gasteiger partial charge in [-0.2, -0.15) is 0 Å². The van der Waals surface area contributed by atoms with Crippen molar-refractivity contribution in [1.29, 1.82) is 0 Å². The first-order valence-corrected chi connectivity index (χ1v) is 5.44. The monoisotopic (exact) mass is 246 g/mol. The summed E-state index contributed by atoms with van der Waals surface area (Å²) in [5, 5.41) is 0. The molecule has 0 aliphatic carbocycles. The van der Waals surface area contributed by atoms with Crippen LogP contribution in [0, 0.1) is 5.92 Å².